The molecule has 0 radical (unpaired) electrons. The van der Waals surface area contributed by atoms with Crippen LogP contribution < -0.4 is 5.32 Å². The number of carbonyl (C=O) groups is 2. The highest BCUT2D eigenvalue weighted by Gasteiger charge is 2.23. The number of benzene rings is 1. The van der Waals surface area contributed by atoms with Gasteiger partial charge >= 0.3 is 0 Å². The molecule has 2 N–H and O–H groups in total. The molecule has 0 spiro atoms. The molecule has 1 fully saturated rings. The summed E-state index contributed by atoms with van der Waals surface area (Å²) in [6.45, 7) is 4.29. The predicted molar refractivity (Wildman–Crippen MR) is 113 cm³/mol. The highest BCUT2D eigenvalue weighted by Crippen LogP contribution is 2.18. The van der Waals surface area contributed by atoms with Gasteiger partial charge in [0.1, 0.15) is 5.69 Å². The molecule has 29 heavy (non-hydrogen) atoms. The van der Waals surface area contributed by atoms with E-state index in [4.69, 9.17) is 0 Å². The van der Waals surface area contributed by atoms with Crippen molar-refractivity contribution in [1.29, 1.82) is 0 Å². The standard InChI is InChI=1S/C21H23N5O2S/c27-20(17-6-13-29-15-17)22-7-8-25-9-11-26(12-10-25)21(28)19-14-18(23-24-19)16-4-2-1-3-5-16/h1-6,13-15H,7-12H2,(H,22,27)(H,23,24). The number of carbonyl (C=O) groups excluding carboxylic acids is 2. The van der Waals surface area contributed by atoms with Crippen molar-refractivity contribution in [2.45, 2.75) is 0 Å². The first kappa shape index (κ1) is 19.4. The molecule has 1 aliphatic heterocycles. The first-order chi connectivity index (χ1) is 14.2. The quantitative estimate of drug-likeness (QED) is 0.655. The van der Waals surface area contributed by atoms with Gasteiger partial charge in [-0.05, 0) is 17.5 Å². The van der Waals surface area contributed by atoms with E-state index in [-0.39, 0.29) is 11.8 Å². The molecule has 2 amide bonds. The lowest BCUT2D eigenvalue weighted by Crippen LogP contribution is -2.50. The van der Waals surface area contributed by atoms with Crippen LogP contribution in [-0.4, -0.2) is 71.1 Å². The molecule has 8 heteroatoms. The maximum Gasteiger partial charge on any atom is 0.271 e. The Morgan fingerprint density at radius 2 is 1.90 bits per heavy atom. The molecule has 1 aromatic carbocycles. The zero-order valence-electron chi connectivity index (χ0n) is 16.0. The van der Waals surface area contributed by atoms with Crippen LogP contribution in [0.25, 0.3) is 11.3 Å². The highest BCUT2D eigenvalue weighted by molar-refractivity contribution is 7.08. The van der Waals surface area contributed by atoms with E-state index in [1.807, 2.05) is 58.1 Å². The first-order valence-corrected chi connectivity index (χ1v) is 10.6. The monoisotopic (exact) mass is 409 g/mol. The largest absolute Gasteiger partial charge is 0.351 e. The van der Waals surface area contributed by atoms with Crippen LogP contribution >= 0.6 is 11.3 Å². The lowest BCUT2D eigenvalue weighted by atomic mass is 10.1. The zero-order chi connectivity index (χ0) is 20.1. The fourth-order valence-corrected chi connectivity index (χ4v) is 3.99. The minimum atomic E-state index is -0.0338. The van der Waals surface area contributed by atoms with Crippen LogP contribution in [0.2, 0.25) is 0 Å². The van der Waals surface area contributed by atoms with Crippen LogP contribution in [0.1, 0.15) is 20.8 Å². The van der Waals surface area contributed by atoms with Crippen molar-refractivity contribution in [3.05, 3.63) is 64.5 Å². The summed E-state index contributed by atoms with van der Waals surface area (Å²) < 4.78 is 0. The zero-order valence-corrected chi connectivity index (χ0v) is 16.8. The molecule has 1 saturated heterocycles. The minimum absolute atomic E-state index is 0.0231. The summed E-state index contributed by atoms with van der Waals surface area (Å²) in [6, 6.07) is 13.4. The van der Waals surface area contributed by atoms with Gasteiger partial charge in [-0.25, -0.2) is 0 Å². The van der Waals surface area contributed by atoms with E-state index in [1.165, 1.54) is 11.3 Å². The van der Waals surface area contributed by atoms with Crippen molar-refractivity contribution in [3.8, 4) is 11.3 Å². The average Bonchev–Trinajstić information content (AvgIpc) is 3.47. The molecule has 150 valence electrons. The second kappa shape index (κ2) is 9.02. The van der Waals surface area contributed by atoms with Crippen molar-refractivity contribution in [2.24, 2.45) is 0 Å². The van der Waals surface area contributed by atoms with Crippen LogP contribution in [0, 0.1) is 0 Å². The molecule has 1 aliphatic rings. The van der Waals surface area contributed by atoms with Crippen molar-refractivity contribution in [3.63, 3.8) is 0 Å². The maximum absolute atomic E-state index is 12.8. The second-order valence-corrected chi connectivity index (χ2v) is 7.71. The Morgan fingerprint density at radius 1 is 1.10 bits per heavy atom. The van der Waals surface area contributed by atoms with E-state index in [0.717, 1.165) is 30.9 Å². The topological polar surface area (TPSA) is 81.3 Å². The lowest BCUT2D eigenvalue weighted by molar-refractivity contribution is 0.0632. The molecule has 3 heterocycles. The number of H-pyrrole nitrogens is 1. The van der Waals surface area contributed by atoms with E-state index >= 15 is 0 Å². The summed E-state index contributed by atoms with van der Waals surface area (Å²) >= 11 is 1.51. The lowest BCUT2D eigenvalue weighted by Gasteiger charge is -2.34. The van der Waals surface area contributed by atoms with E-state index < -0.39 is 0 Å². The molecular formula is C21H23N5O2S. The number of nitrogens with zero attached hydrogens (tertiary/aromatic N) is 3. The normalized spacial score (nSPS) is 14.7. The van der Waals surface area contributed by atoms with Crippen LogP contribution in [0.5, 0.6) is 0 Å². The number of aromatic nitrogens is 2. The Kier molecular flexibility index (Phi) is 6.02. The summed E-state index contributed by atoms with van der Waals surface area (Å²) in [4.78, 5) is 28.8. The van der Waals surface area contributed by atoms with Crippen molar-refractivity contribution >= 4 is 23.2 Å². The third-order valence-electron chi connectivity index (χ3n) is 5.03. The van der Waals surface area contributed by atoms with Crippen LogP contribution in [0.4, 0.5) is 0 Å². The molecular weight excluding hydrogens is 386 g/mol. The van der Waals surface area contributed by atoms with Gasteiger partial charge < -0.3 is 10.2 Å². The number of nitrogens with one attached hydrogen (secondary N) is 2. The smallest absolute Gasteiger partial charge is 0.271 e. The van der Waals surface area contributed by atoms with E-state index in [9.17, 15) is 9.59 Å². The van der Waals surface area contributed by atoms with Gasteiger partial charge in [0.05, 0.1) is 5.69 Å². The Balaban J connectivity index is 1.24. The van der Waals surface area contributed by atoms with E-state index in [2.05, 4.69) is 20.4 Å². The molecule has 0 bridgehead atoms. The average molecular weight is 410 g/mol. The van der Waals surface area contributed by atoms with Gasteiger partial charge in [0.25, 0.3) is 11.8 Å². The fraction of sp³-hybridized carbons (Fsp3) is 0.286. The minimum Gasteiger partial charge on any atom is -0.351 e. The maximum atomic E-state index is 12.8. The number of thiophene rings is 1. The molecule has 4 rings (SSSR count). The van der Waals surface area contributed by atoms with Crippen LogP contribution in [0.3, 0.4) is 0 Å². The second-order valence-electron chi connectivity index (χ2n) is 6.93. The number of amides is 2. The van der Waals surface area contributed by atoms with Crippen LogP contribution in [-0.2, 0) is 0 Å². The summed E-state index contributed by atoms with van der Waals surface area (Å²) in [6.07, 6.45) is 0. The summed E-state index contributed by atoms with van der Waals surface area (Å²) in [7, 11) is 0. The number of hydrogen-bond donors (Lipinski definition) is 2. The van der Waals surface area contributed by atoms with Crippen molar-refractivity contribution < 1.29 is 9.59 Å². The number of piperazine rings is 1. The first-order valence-electron chi connectivity index (χ1n) is 9.63. The van der Waals surface area contributed by atoms with Gasteiger partial charge in [0, 0.05) is 55.8 Å². The number of aromatic amines is 1. The molecule has 7 nitrogen and oxygen atoms in total. The predicted octanol–water partition coefficient (Wildman–Crippen LogP) is 2.33. The van der Waals surface area contributed by atoms with Crippen LogP contribution in [0.15, 0.2) is 53.2 Å². The molecule has 0 atom stereocenters. The van der Waals surface area contributed by atoms with E-state index in [0.29, 0.717) is 30.9 Å². The molecule has 0 aliphatic carbocycles. The number of hydrogen-bond acceptors (Lipinski definition) is 5. The highest BCUT2D eigenvalue weighted by atomic mass is 32.1. The van der Waals surface area contributed by atoms with Crippen molar-refractivity contribution in [1.82, 2.24) is 25.3 Å². The van der Waals surface area contributed by atoms with Gasteiger partial charge in [0.15, 0.2) is 0 Å². The molecule has 0 saturated carbocycles. The number of rotatable bonds is 6. The third kappa shape index (κ3) is 4.72. The summed E-state index contributed by atoms with van der Waals surface area (Å²) in [5.74, 6) is -0.0568. The Labute approximate surface area is 173 Å². The van der Waals surface area contributed by atoms with E-state index in [1.54, 1.807) is 0 Å². The Morgan fingerprint density at radius 3 is 2.62 bits per heavy atom. The molecule has 2 aromatic heterocycles. The summed E-state index contributed by atoms with van der Waals surface area (Å²) in [5.41, 5.74) is 2.98. The van der Waals surface area contributed by atoms with Gasteiger partial charge in [-0.3, -0.25) is 19.6 Å². The Hall–Kier alpha value is -2.97. The molecule has 0 unspecified atom stereocenters. The SMILES string of the molecule is O=C(NCCN1CCN(C(=O)c2cc(-c3ccccc3)n[nH]2)CC1)c1ccsc1. The molecule has 3 aromatic rings. The van der Waals surface area contributed by atoms with Crippen molar-refractivity contribution in [2.75, 3.05) is 39.3 Å². The van der Waals surface area contributed by atoms with Gasteiger partial charge in [0.2, 0.25) is 0 Å². The van der Waals surface area contributed by atoms with Gasteiger partial charge in [-0.15, -0.1) is 0 Å². The summed E-state index contributed by atoms with van der Waals surface area (Å²) in [5, 5.41) is 13.8. The fourth-order valence-electron chi connectivity index (χ4n) is 3.36. The van der Waals surface area contributed by atoms with Gasteiger partial charge in [-0.2, -0.15) is 16.4 Å². The Bertz CT molecular complexity index is 947. The third-order valence-corrected chi connectivity index (χ3v) is 5.72. The van der Waals surface area contributed by atoms with Gasteiger partial charge in [-0.1, -0.05) is 30.3 Å².